The zero-order valence-electron chi connectivity index (χ0n) is 8.83. The quantitative estimate of drug-likeness (QED) is 0.779. The van der Waals surface area contributed by atoms with Crippen molar-refractivity contribution in [2.24, 2.45) is 0 Å². The lowest BCUT2D eigenvalue weighted by atomic mass is 10.1. The lowest BCUT2D eigenvalue weighted by Crippen LogP contribution is -2.35. The van der Waals surface area contributed by atoms with Crippen LogP contribution in [0, 0.1) is 0 Å². The normalized spacial score (nSPS) is 22.1. The molecule has 0 radical (unpaired) electrons. The molecule has 1 unspecified atom stereocenters. The maximum absolute atomic E-state index is 12.9. The topological polar surface area (TPSA) is 16.1 Å². The van der Waals surface area contributed by atoms with Crippen LogP contribution in [-0.2, 0) is 12.8 Å². The van der Waals surface area contributed by atoms with E-state index in [9.17, 15) is 8.78 Å². The predicted octanol–water partition coefficient (Wildman–Crippen LogP) is 2.50. The summed E-state index contributed by atoms with van der Waals surface area (Å²) in [6.07, 6.45) is -0.662. The highest BCUT2D eigenvalue weighted by Gasteiger charge is 2.34. The molecular weight excluding hydrogens is 218 g/mol. The van der Waals surface area contributed by atoms with E-state index < -0.39 is 12.5 Å². The van der Waals surface area contributed by atoms with Crippen LogP contribution in [0.4, 0.5) is 8.78 Å². The molecule has 2 nitrogen and oxygen atoms in total. The van der Waals surface area contributed by atoms with Gasteiger partial charge in [0.2, 0.25) is 0 Å². The minimum atomic E-state index is -2.35. The highest BCUT2D eigenvalue weighted by molar-refractivity contribution is 7.11. The molecule has 1 aliphatic heterocycles. The van der Waals surface area contributed by atoms with E-state index in [1.165, 1.54) is 0 Å². The SMILES string of the molecule is CCc1nc2c(s1)CCN(C)C2C(F)F. The number of rotatable bonds is 2. The Hall–Kier alpha value is -0.550. The van der Waals surface area contributed by atoms with Gasteiger partial charge in [-0.15, -0.1) is 11.3 Å². The second-order valence-electron chi connectivity index (χ2n) is 3.78. The number of hydrogen-bond donors (Lipinski definition) is 0. The van der Waals surface area contributed by atoms with Crippen LogP contribution >= 0.6 is 11.3 Å². The fraction of sp³-hybridized carbons (Fsp3) is 0.700. The van der Waals surface area contributed by atoms with Gasteiger partial charge in [0, 0.05) is 11.4 Å². The summed E-state index contributed by atoms with van der Waals surface area (Å²) in [5, 5.41) is 0.973. The van der Waals surface area contributed by atoms with Gasteiger partial charge in [0.25, 0.3) is 6.43 Å². The molecule has 1 atom stereocenters. The van der Waals surface area contributed by atoms with Gasteiger partial charge in [-0.3, -0.25) is 4.90 Å². The summed E-state index contributed by atoms with van der Waals surface area (Å²) in [6.45, 7) is 2.71. The van der Waals surface area contributed by atoms with Gasteiger partial charge < -0.3 is 0 Å². The van der Waals surface area contributed by atoms with Gasteiger partial charge in [0.05, 0.1) is 10.7 Å². The molecule has 0 saturated heterocycles. The van der Waals surface area contributed by atoms with E-state index in [1.54, 1.807) is 23.3 Å². The van der Waals surface area contributed by atoms with Crippen molar-refractivity contribution in [2.75, 3.05) is 13.6 Å². The predicted molar refractivity (Wildman–Crippen MR) is 56.6 cm³/mol. The van der Waals surface area contributed by atoms with Crippen molar-refractivity contribution < 1.29 is 8.78 Å². The Morgan fingerprint density at radius 1 is 1.60 bits per heavy atom. The second kappa shape index (κ2) is 4.14. The summed E-state index contributed by atoms with van der Waals surface area (Å²) >= 11 is 1.59. The molecule has 0 spiro atoms. The maximum Gasteiger partial charge on any atom is 0.259 e. The third-order valence-corrected chi connectivity index (χ3v) is 4.03. The fourth-order valence-corrected chi connectivity index (χ4v) is 2.95. The third kappa shape index (κ3) is 1.90. The zero-order valence-corrected chi connectivity index (χ0v) is 9.65. The lowest BCUT2D eigenvalue weighted by molar-refractivity contribution is 0.0299. The Kier molecular flexibility index (Phi) is 3.02. The molecule has 0 fully saturated rings. The van der Waals surface area contributed by atoms with Crippen LogP contribution < -0.4 is 0 Å². The number of halogens is 2. The molecule has 0 amide bonds. The number of nitrogens with zero attached hydrogens (tertiary/aromatic N) is 2. The summed E-state index contributed by atoms with van der Waals surface area (Å²) in [5.41, 5.74) is 0.612. The average molecular weight is 232 g/mol. The van der Waals surface area contributed by atoms with Gasteiger partial charge in [-0.25, -0.2) is 13.8 Å². The number of thiazole rings is 1. The molecule has 0 N–H and O–H groups in total. The second-order valence-corrected chi connectivity index (χ2v) is 4.95. The van der Waals surface area contributed by atoms with E-state index in [0.717, 1.165) is 22.7 Å². The molecule has 2 rings (SSSR count). The van der Waals surface area contributed by atoms with Gasteiger partial charge >= 0.3 is 0 Å². The first-order valence-electron chi connectivity index (χ1n) is 5.10. The highest BCUT2D eigenvalue weighted by Crippen LogP contribution is 2.35. The van der Waals surface area contributed by atoms with E-state index in [-0.39, 0.29) is 0 Å². The first-order valence-corrected chi connectivity index (χ1v) is 5.92. The number of likely N-dealkylation sites (N-methyl/N-ethyl adjacent to an activating group) is 1. The van der Waals surface area contributed by atoms with Crippen molar-refractivity contribution >= 4 is 11.3 Å². The highest BCUT2D eigenvalue weighted by atomic mass is 32.1. The molecule has 0 aromatic carbocycles. The molecule has 1 aliphatic rings. The lowest BCUT2D eigenvalue weighted by Gasteiger charge is -2.30. The first kappa shape index (κ1) is 11.0. The Morgan fingerprint density at radius 2 is 2.33 bits per heavy atom. The number of aryl methyl sites for hydroxylation is 1. The third-order valence-electron chi connectivity index (χ3n) is 2.76. The summed E-state index contributed by atoms with van der Waals surface area (Å²) in [6, 6.07) is -0.801. The van der Waals surface area contributed by atoms with Crippen LogP contribution in [0.3, 0.4) is 0 Å². The molecule has 2 heterocycles. The summed E-state index contributed by atoms with van der Waals surface area (Å²) in [7, 11) is 1.74. The molecule has 1 aromatic rings. The van der Waals surface area contributed by atoms with Gasteiger partial charge in [-0.05, 0) is 19.9 Å². The molecule has 15 heavy (non-hydrogen) atoms. The van der Waals surface area contributed by atoms with E-state index >= 15 is 0 Å². The monoisotopic (exact) mass is 232 g/mol. The number of hydrogen-bond acceptors (Lipinski definition) is 3. The van der Waals surface area contributed by atoms with Crippen molar-refractivity contribution in [1.29, 1.82) is 0 Å². The van der Waals surface area contributed by atoms with Crippen LogP contribution in [0.25, 0.3) is 0 Å². The van der Waals surface area contributed by atoms with Crippen LogP contribution in [0.5, 0.6) is 0 Å². The van der Waals surface area contributed by atoms with Crippen LogP contribution in [0.2, 0.25) is 0 Å². The zero-order chi connectivity index (χ0) is 11.0. The van der Waals surface area contributed by atoms with Crippen molar-refractivity contribution in [3.8, 4) is 0 Å². The van der Waals surface area contributed by atoms with Crippen LogP contribution in [-0.4, -0.2) is 29.9 Å². The maximum atomic E-state index is 12.9. The molecule has 84 valence electrons. The first-order chi connectivity index (χ1) is 7.13. The van der Waals surface area contributed by atoms with Gasteiger partial charge in [-0.2, -0.15) is 0 Å². The molecule has 0 bridgehead atoms. The van der Waals surface area contributed by atoms with Crippen molar-refractivity contribution in [2.45, 2.75) is 32.2 Å². The molecule has 5 heteroatoms. The number of aromatic nitrogens is 1. The minimum Gasteiger partial charge on any atom is -0.293 e. The molecular formula is C10H14F2N2S. The largest absolute Gasteiger partial charge is 0.293 e. The van der Waals surface area contributed by atoms with Crippen LogP contribution in [0.1, 0.15) is 28.5 Å². The molecule has 1 aromatic heterocycles. The fourth-order valence-electron chi connectivity index (χ4n) is 1.91. The Labute approximate surface area is 91.9 Å². The summed E-state index contributed by atoms with van der Waals surface area (Å²) < 4.78 is 25.8. The van der Waals surface area contributed by atoms with Gasteiger partial charge in [-0.1, -0.05) is 6.92 Å². The van der Waals surface area contributed by atoms with E-state index in [1.807, 2.05) is 6.92 Å². The number of alkyl halides is 2. The Bertz CT molecular complexity index is 351. The van der Waals surface area contributed by atoms with E-state index in [4.69, 9.17) is 0 Å². The molecule has 0 aliphatic carbocycles. The smallest absolute Gasteiger partial charge is 0.259 e. The Balaban J connectivity index is 2.38. The van der Waals surface area contributed by atoms with Crippen LogP contribution in [0.15, 0.2) is 0 Å². The molecule has 0 saturated carbocycles. The van der Waals surface area contributed by atoms with Crippen molar-refractivity contribution in [3.63, 3.8) is 0 Å². The summed E-state index contributed by atoms with van der Waals surface area (Å²) in [4.78, 5) is 7.07. The average Bonchev–Trinajstić information content (AvgIpc) is 2.59. The number of fused-ring (bicyclic) bond motifs is 1. The van der Waals surface area contributed by atoms with E-state index in [0.29, 0.717) is 12.2 Å². The van der Waals surface area contributed by atoms with Gasteiger partial charge in [0.1, 0.15) is 6.04 Å². The summed E-state index contributed by atoms with van der Waals surface area (Å²) in [5.74, 6) is 0. The Morgan fingerprint density at radius 3 is 2.93 bits per heavy atom. The van der Waals surface area contributed by atoms with Crippen molar-refractivity contribution in [1.82, 2.24) is 9.88 Å². The van der Waals surface area contributed by atoms with Crippen molar-refractivity contribution in [3.05, 3.63) is 15.6 Å². The minimum absolute atomic E-state index is 0.612. The van der Waals surface area contributed by atoms with Gasteiger partial charge in [0.15, 0.2) is 0 Å². The van der Waals surface area contributed by atoms with E-state index in [2.05, 4.69) is 4.98 Å². The standard InChI is InChI=1S/C10H14F2N2S/c1-3-7-13-8-6(15-7)4-5-14(2)9(8)10(11)12/h9-10H,3-5H2,1-2H3.